The molecule has 64 valence electrons. The van der Waals surface area contributed by atoms with Gasteiger partial charge in [-0.2, -0.15) is 0 Å². The van der Waals surface area contributed by atoms with E-state index in [1.807, 2.05) is 12.1 Å². The molecular formula is C8H11N3O. The molecule has 0 saturated carbocycles. The molecule has 4 heteroatoms. The van der Waals surface area contributed by atoms with Crippen LogP contribution in [-0.2, 0) is 0 Å². The zero-order valence-corrected chi connectivity index (χ0v) is 7.10. The molecule has 0 aliphatic heterocycles. The van der Waals surface area contributed by atoms with Gasteiger partial charge in [0.15, 0.2) is 5.84 Å². The lowest BCUT2D eigenvalue weighted by Gasteiger charge is -2.12. The van der Waals surface area contributed by atoms with Crippen LogP contribution in [0.5, 0.6) is 0 Å². The lowest BCUT2D eigenvalue weighted by Crippen LogP contribution is -2.23. The number of oxime groups is 1. The summed E-state index contributed by atoms with van der Waals surface area (Å²) in [5.41, 5.74) is 0.657. The fourth-order valence-corrected chi connectivity index (χ4v) is 0.865. The number of hydrogen-bond donors (Lipinski definition) is 1. The van der Waals surface area contributed by atoms with E-state index in [1.165, 1.54) is 0 Å². The summed E-state index contributed by atoms with van der Waals surface area (Å²) in [4.78, 5) is 5.74. The summed E-state index contributed by atoms with van der Waals surface area (Å²) in [7, 11) is 3.59. The van der Waals surface area contributed by atoms with Gasteiger partial charge < -0.3 is 10.1 Å². The SMILES string of the molecule is CN(C)/C(=N\O)c1ccccn1. The average molecular weight is 165 g/mol. The van der Waals surface area contributed by atoms with Gasteiger partial charge in [0.1, 0.15) is 5.69 Å². The zero-order chi connectivity index (χ0) is 8.97. The van der Waals surface area contributed by atoms with Crippen molar-refractivity contribution in [2.24, 2.45) is 5.16 Å². The Balaban J connectivity index is 2.97. The number of pyridine rings is 1. The van der Waals surface area contributed by atoms with E-state index >= 15 is 0 Å². The van der Waals surface area contributed by atoms with Crippen LogP contribution in [0.25, 0.3) is 0 Å². The zero-order valence-electron chi connectivity index (χ0n) is 7.10. The molecule has 0 aliphatic rings. The first-order valence-corrected chi connectivity index (χ1v) is 3.56. The van der Waals surface area contributed by atoms with Gasteiger partial charge in [-0.15, -0.1) is 0 Å². The van der Waals surface area contributed by atoms with Gasteiger partial charge in [-0.3, -0.25) is 4.98 Å². The van der Waals surface area contributed by atoms with Gasteiger partial charge in [0, 0.05) is 20.3 Å². The average Bonchev–Trinajstić information content (AvgIpc) is 2.07. The smallest absolute Gasteiger partial charge is 0.193 e. The molecule has 1 heterocycles. The van der Waals surface area contributed by atoms with E-state index in [1.54, 1.807) is 31.3 Å². The standard InChI is InChI=1S/C8H11N3O/c1-11(2)8(10-12)7-5-3-4-6-9-7/h3-6,12H,1-2H3/b10-8-. The van der Waals surface area contributed by atoms with Crippen LogP contribution in [0, 0.1) is 0 Å². The number of aromatic nitrogens is 1. The highest BCUT2D eigenvalue weighted by Crippen LogP contribution is 1.97. The van der Waals surface area contributed by atoms with Gasteiger partial charge in [-0.05, 0) is 12.1 Å². The van der Waals surface area contributed by atoms with Crippen LogP contribution in [0.1, 0.15) is 5.69 Å². The Bertz CT molecular complexity index is 269. The molecule has 0 bridgehead atoms. The molecule has 0 fully saturated rings. The molecule has 0 aromatic carbocycles. The third kappa shape index (κ3) is 1.72. The van der Waals surface area contributed by atoms with Gasteiger partial charge in [-0.1, -0.05) is 11.2 Å². The highest BCUT2D eigenvalue weighted by molar-refractivity contribution is 5.96. The van der Waals surface area contributed by atoms with E-state index in [9.17, 15) is 0 Å². The Labute approximate surface area is 71.1 Å². The van der Waals surface area contributed by atoms with Crippen molar-refractivity contribution in [1.82, 2.24) is 9.88 Å². The number of amidine groups is 1. The summed E-state index contributed by atoms with van der Waals surface area (Å²) in [6, 6.07) is 5.44. The molecular weight excluding hydrogens is 154 g/mol. The molecule has 0 aliphatic carbocycles. The Morgan fingerprint density at radius 2 is 2.25 bits per heavy atom. The summed E-state index contributed by atoms with van der Waals surface area (Å²) in [5.74, 6) is 0.454. The highest BCUT2D eigenvalue weighted by Gasteiger charge is 2.05. The second-order valence-corrected chi connectivity index (χ2v) is 2.53. The molecule has 0 spiro atoms. The molecule has 0 radical (unpaired) electrons. The fourth-order valence-electron chi connectivity index (χ4n) is 0.865. The van der Waals surface area contributed by atoms with Gasteiger partial charge in [-0.25, -0.2) is 0 Å². The Kier molecular flexibility index (Phi) is 2.63. The summed E-state index contributed by atoms with van der Waals surface area (Å²) in [6.45, 7) is 0. The van der Waals surface area contributed by atoms with Gasteiger partial charge >= 0.3 is 0 Å². The molecule has 1 aromatic rings. The van der Waals surface area contributed by atoms with Crippen LogP contribution in [-0.4, -0.2) is 35.0 Å². The lowest BCUT2D eigenvalue weighted by molar-refractivity contribution is 0.310. The van der Waals surface area contributed by atoms with Crippen LogP contribution >= 0.6 is 0 Å². The van der Waals surface area contributed by atoms with Crippen LogP contribution in [0.4, 0.5) is 0 Å². The summed E-state index contributed by atoms with van der Waals surface area (Å²) < 4.78 is 0. The topological polar surface area (TPSA) is 48.7 Å². The lowest BCUT2D eigenvalue weighted by atomic mass is 10.3. The Morgan fingerprint density at radius 1 is 1.50 bits per heavy atom. The maximum absolute atomic E-state index is 8.66. The third-order valence-electron chi connectivity index (χ3n) is 1.41. The summed E-state index contributed by atoms with van der Waals surface area (Å²) in [5, 5.41) is 11.8. The predicted molar refractivity (Wildman–Crippen MR) is 46.2 cm³/mol. The van der Waals surface area contributed by atoms with Crippen molar-refractivity contribution < 1.29 is 5.21 Å². The summed E-state index contributed by atoms with van der Waals surface area (Å²) in [6.07, 6.45) is 1.66. The van der Waals surface area contributed by atoms with Crippen molar-refractivity contribution in [1.29, 1.82) is 0 Å². The van der Waals surface area contributed by atoms with Crippen LogP contribution < -0.4 is 0 Å². The number of nitrogens with zero attached hydrogens (tertiary/aromatic N) is 3. The minimum Gasteiger partial charge on any atom is -0.409 e. The monoisotopic (exact) mass is 165 g/mol. The Hall–Kier alpha value is -1.58. The maximum Gasteiger partial charge on any atom is 0.193 e. The van der Waals surface area contributed by atoms with E-state index in [0.29, 0.717) is 11.5 Å². The van der Waals surface area contributed by atoms with Crippen molar-refractivity contribution in [3.8, 4) is 0 Å². The van der Waals surface area contributed by atoms with E-state index in [-0.39, 0.29) is 0 Å². The van der Waals surface area contributed by atoms with Gasteiger partial charge in [0.05, 0.1) is 0 Å². The van der Waals surface area contributed by atoms with Crippen molar-refractivity contribution in [2.45, 2.75) is 0 Å². The highest BCUT2D eigenvalue weighted by atomic mass is 16.4. The largest absolute Gasteiger partial charge is 0.409 e. The van der Waals surface area contributed by atoms with E-state index in [4.69, 9.17) is 5.21 Å². The first kappa shape index (κ1) is 8.52. The van der Waals surface area contributed by atoms with Crippen LogP contribution in [0.2, 0.25) is 0 Å². The summed E-state index contributed by atoms with van der Waals surface area (Å²) >= 11 is 0. The van der Waals surface area contributed by atoms with E-state index < -0.39 is 0 Å². The third-order valence-corrected chi connectivity index (χ3v) is 1.41. The molecule has 4 nitrogen and oxygen atoms in total. The first-order chi connectivity index (χ1) is 5.75. The molecule has 12 heavy (non-hydrogen) atoms. The molecule has 1 aromatic heterocycles. The number of hydrogen-bond acceptors (Lipinski definition) is 3. The molecule has 1 N–H and O–H groups in total. The Morgan fingerprint density at radius 3 is 2.67 bits per heavy atom. The van der Waals surface area contributed by atoms with E-state index in [2.05, 4.69) is 10.1 Å². The van der Waals surface area contributed by atoms with Crippen LogP contribution in [0.3, 0.4) is 0 Å². The van der Waals surface area contributed by atoms with Gasteiger partial charge in [0.2, 0.25) is 0 Å². The second kappa shape index (κ2) is 3.71. The minimum atomic E-state index is 0.454. The molecule has 0 unspecified atom stereocenters. The normalized spacial score (nSPS) is 11.3. The first-order valence-electron chi connectivity index (χ1n) is 3.56. The van der Waals surface area contributed by atoms with Crippen molar-refractivity contribution >= 4 is 5.84 Å². The second-order valence-electron chi connectivity index (χ2n) is 2.53. The maximum atomic E-state index is 8.66. The fraction of sp³-hybridized carbons (Fsp3) is 0.250. The van der Waals surface area contributed by atoms with Crippen molar-refractivity contribution in [3.63, 3.8) is 0 Å². The van der Waals surface area contributed by atoms with Crippen molar-refractivity contribution in [3.05, 3.63) is 30.1 Å². The number of rotatable bonds is 1. The van der Waals surface area contributed by atoms with E-state index in [0.717, 1.165) is 0 Å². The molecule has 0 atom stereocenters. The molecule has 0 amide bonds. The molecule has 1 rings (SSSR count). The minimum absolute atomic E-state index is 0.454. The van der Waals surface area contributed by atoms with Gasteiger partial charge in [0.25, 0.3) is 0 Å². The van der Waals surface area contributed by atoms with Crippen molar-refractivity contribution in [2.75, 3.05) is 14.1 Å². The molecule has 0 saturated heterocycles. The van der Waals surface area contributed by atoms with Crippen LogP contribution in [0.15, 0.2) is 29.6 Å². The quantitative estimate of drug-likeness (QED) is 0.289. The predicted octanol–water partition coefficient (Wildman–Crippen LogP) is 0.779.